The number of carbonyl (C=O) groups excluding carboxylic acids is 1. The molecule has 2 aromatic heterocycles. The van der Waals surface area contributed by atoms with Gasteiger partial charge in [0.15, 0.2) is 5.65 Å². The predicted octanol–water partition coefficient (Wildman–Crippen LogP) is 5.53. The van der Waals surface area contributed by atoms with Crippen LogP contribution in [0.15, 0.2) is 42.6 Å². The number of ether oxygens (including phenoxy) is 1. The number of hydrogen-bond acceptors (Lipinski definition) is 6. The van der Waals surface area contributed by atoms with Crippen LogP contribution in [0, 0.1) is 0 Å². The van der Waals surface area contributed by atoms with Gasteiger partial charge in [-0.25, -0.2) is 9.78 Å². The molecule has 1 aliphatic rings. The molecule has 4 rings (SSSR count). The molecular formula is C25H29F3N6O2. The number of nitrogen functional groups attached to an aromatic ring is 1. The lowest BCUT2D eigenvalue weighted by Gasteiger charge is -2.29. The molecule has 0 aliphatic carbocycles. The first-order chi connectivity index (χ1) is 16.8. The number of nitrogens with one attached hydrogen (secondary N) is 1. The first kappa shape index (κ1) is 25.3. The number of rotatable bonds is 4. The third kappa shape index (κ3) is 5.72. The number of alkyl halides is 3. The fourth-order valence-corrected chi connectivity index (χ4v) is 3.95. The molecule has 11 heteroatoms. The van der Waals surface area contributed by atoms with Gasteiger partial charge >= 0.3 is 12.3 Å². The fourth-order valence-electron chi connectivity index (χ4n) is 3.95. The first-order valence-electron chi connectivity index (χ1n) is 11.6. The van der Waals surface area contributed by atoms with Crippen molar-refractivity contribution in [3.05, 3.63) is 59.4 Å². The maximum Gasteiger partial charge on any atom is 0.416 e. The molecule has 8 nitrogen and oxygen atoms in total. The lowest BCUT2D eigenvalue weighted by atomic mass is 10.0. The van der Waals surface area contributed by atoms with Crippen LogP contribution < -0.4 is 11.1 Å². The number of nitrogens with zero attached hydrogens (tertiary/aromatic N) is 4. The van der Waals surface area contributed by atoms with E-state index in [1.165, 1.54) is 6.07 Å². The minimum Gasteiger partial charge on any atom is -0.444 e. The van der Waals surface area contributed by atoms with Crippen molar-refractivity contribution in [1.82, 2.24) is 19.5 Å². The van der Waals surface area contributed by atoms with Crippen LogP contribution in [0.25, 0.3) is 11.2 Å². The van der Waals surface area contributed by atoms with Gasteiger partial charge in [-0.2, -0.15) is 22.8 Å². The Hall–Kier alpha value is -3.76. The topological polar surface area (TPSA) is 97.8 Å². The molecule has 36 heavy (non-hydrogen) atoms. The normalized spacial score (nSPS) is 15.5. The van der Waals surface area contributed by atoms with Crippen LogP contribution >= 0.6 is 0 Å². The number of hydrogen-bond donors (Lipinski definition) is 2. The van der Waals surface area contributed by atoms with Crippen LogP contribution in [0.4, 0.5) is 29.5 Å². The lowest BCUT2D eigenvalue weighted by molar-refractivity contribution is -0.137. The molecule has 0 saturated carbocycles. The highest BCUT2D eigenvalue weighted by atomic mass is 19.4. The number of nitrogens with two attached hydrogens (primary N) is 1. The van der Waals surface area contributed by atoms with E-state index >= 15 is 0 Å². The molecule has 3 aromatic rings. The number of benzene rings is 1. The van der Waals surface area contributed by atoms with Gasteiger partial charge in [0.1, 0.15) is 11.4 Å². The van der Waals surface area contributed by atoms with E-state index in [-0.39, 0.29) is 11.8 Å². The summed E-state index contributed by atoms with van der Waals surface area (Å²) in [5, 5.41) is 7.89. The highest BCUT2D eigenvalue weighted by Gasteiger charge is 2.31. The van der Waals surface area contributed by atoms with Crippen molar-refractivity contribution in [3.8, 4) is 0 Å². The molecule has 0 spiro atoms. The maximum atomic E-state index is 13.2. The summed E-state index contributed by atoms with van der Waals surface area (Å²) in [6.07, 6.45) is -0.694. The Balaban J connectivity index is 1.54. The minimum atomic E-state index is -4.49. The molecule has 1 amide bonds. The number of anilines is 2. The van der Waals surface area contributed by atoms with Gasteiger partial charge in [0.25, 0.3) is 0 Å². The van der Waals surface area contributed by atoms with Crippen LogP contribution in [0.5, 0.6) is 0 Å². The van der Waals surface area contributed by atoms with E-state index in [0.29, 0.717) is 36.5 Å². The van der Waals surface area contributed by atoms with Gasteiger partial charge in [-0.15, -0.1) is 0 Å². The molecule has 1 aliphatic heterocycles. The quantitative estimate of drug-likeness (QED) is 0.456. The summed E-state index contributed by atoms with van der Waals surface area (Å²) in [6.45, 7) is 8.14. The zero-order valence-electron chi connectivity index (χ0n) is 20.6. The van der Waals surface area contributed by atoms with Crippen LogP contribution in [0.1, 0.15) is 57.0 Å². The Morgan fingerprint density at radius 3 is 2.58 bits per heavy atom. The maximum absolute atomic E-state index is 13.2. The van der Waals surface area contributed by atoms with Gasteiger partial charge < -0.3 is 20.7 Å². The Bertz CT molecular complexity index is 1310. The molecule has 0 unspecified atom stereocenters. The molecule has 1 atom stereocenters. The van der Waals surface area contributed by atoms with E-state index in [1.54, 1.807) is 28.6 Å². The van der Waals surface area contributed by atoms with Crippen molar-refractivity contribution in [1.29, 1.82) is 0 Å². The van der Waals surface area contributed by atoms with Crippen LogP contribution in [0.2, 0.25) is 0 Å². The molecule has 0 saturated heterocycles. The summed E-state index contributed by atoms with van der Waals surface area (Å²) in [5.41, 5.74) is 7.09. The standard InChI is InChI=1S/C25H29F3N6O2/c1-15(17-11-18(25(26,27)28)13-19(29)12-17)31-21-5-8-30-22-14-20(32-34(21)22)16-6-9-33(10-7-16)23(35)36-24(2,3)4/h5-6,8,11-15,31H,7,9-10,29H2,1-4H3/t15-/m1/s1. The highest BCUT2D eigenvalue weighted by molar-refractivity contribution is 5.73. The lowest BCUT2D eigenvalue weighted by Crippen LogP contribution is -2.39. The Labute approximate surface area is 206 Å². The number of carbonyl (C=O) groups is 1. The number of amides is 1. The summed E-state index contributed by atoms with van der Waals surface area (Å²) >= 11 is 0. The van der Waals surface area contributed by atoms with E-state index in [4.69, 9.17) is 10.5 Å². The molecule has 192 valence electrons. The average molecular weight is 503 g/mol. The van der Waals surface area contributed by atoms with E-state index in [2.05, 4.69) is 15.4 Å². The van der Waals surface area contributed by atoms with Crippen molar-refractivity contribution in [2.45, 2.75) is 51.9 Å². The number of fused-ring (bicyclic) bond motifs is 1. The van der Waals surface area contributed by atoms with E-state index in [0.717, 1.165) is 23.4 Å². The van der Waals surface area contributed by atoms with Crippen molar-refractivity contribution in [2.75, 3.05) is 24.1 Å². The largest absolute Gasteiger partial charge is 0.444 e. The van der Waals surface area contributed by atoms with Crippen LogP contribution in [-0.4, -0.2) is 44.3 Å². The van der Waals surface area contributed by atoms with E-state index in [9.17, 15) is 18.0 Å². The zero-order chi connectivity index (χ0) is 26.3. The SMILES string of the molecule is C[C@@H](Nc1ccnc2cc(C3=CCN(C(=O)OC(C)(C)C)CC3)nn12)c1cc(N)cc(C(F)(F)F)c1. The highest BCUT2D eigenvalue weighted by Crippen LogP contribution is 2.33. The number of halogens is 3. The summed E-state index contributed by atoms with van der Waals surface area (Å²) in [5.74, 6) is 0.571. The monoisotopic (exact) mass is 502 g/mol. The third-order valence-electron chi connectivity index (χ3n) is 5.72. The second-order valence-electron chi connectivity index (χ2n) is 9.79. The van der Waals surface area contributed by atoms with Crippen LogP contribution in [-0.2, 0) is 10.9 Å². The second kappa shape index (κ2) is 9.36. The summed E-state index contributed by atoms with van der Waals surface area (Å²) in [4.78, 5) is 18.3. The van der Waals surface area contributed by atoms with Crippen molar-refractivity contribution >= 4 is 28.8 Å². The average Bonchev–Trinajstić information content (AvgIpc) is 3.22. The van der Waals surface area contributed by atoms with Gasteiger partial charge in [-0.1, -0.05) is 6.08 Å². The molecule has 0 radical (unpaired) electrons. The van der Waals surface area contributed by atoms with E-state index in [1.807, 2.05) is 32.9 Å². The summed E-state index contributed by atoms with van der Waals surface area (Å²) in [7, 11) is 0. The molecular weight excluding hydrogens is 473 g/mol. The third-order valence-corrected chi connectivity index (χ3v) is 5.72. The molecule has 3 heterocycles. The Morgan fingerprint density at radius 1 is 1.19 bits per heavy atom. The van der Waals surface area contributed by atoms with Gasteiger partial charge in [0, 0.05) is 31.0 Å². The van der Waals surface area contributed by atoms with Gasteiger partial charge in [0.05, 0.1) is 17.3 Å². The predicted molar refractivity (Wildman–Crippen MR) is 131 cm³/mol. The van der Waals surface area contributed by atoms with Crippen molar-refractivity contribution in [2.24, 2.45) is 0 Å². The van der Waals surface area contributed by atoms with Gasteiger partial charge in [0.2, 0.25) is 0 Å². The van der Waals surface area contributed by atoms with Crippen molar-refractivity contribution < 1.29 is 22.7 Å². The smallest absolute Gasteiger partial charge is 0.416 e. The molecule has 0 fully saturated rings. The van der Waals surface area contributed by atoms with Gasteiger partial charge in [-0.3, -0.25) is 0 Å². The number of aromatic nitrogens is 3. The minimum absolute atomic E-state index is 0.0411. The zero-order valence-corrected chi connectivity index (χ0v) is 20.6. The second-order valence-corrected chi connectivity index (χ2v) is 9.79. The van der Waals surface area contributed by atoms with Crippen molar-refractivity contribution in [3.63, 3.8) is 0 Å². The Morgan fingerprint density at radius 2 is 1.94 bits per heavy atom. The Kier molecular flexibility index (Phi) is 6.59. The van der Waals surface area contributed by atoms with Gasteiger partial charge in [-0.05, 0) is 69.5 Å². The first-order valence-corrected chi connectivity index (χ1v) is 11.6. The van der Waals surface area contributed by atoms with E-state index < -0.39 is 23.4 Å². The van der Waals surface area contributed by atoms with Crippen LogP contribution in [0.3, 0.4) is 0 Å². The fraction of sp³-hybridized carbons (Fsp3) is 0.400. The molecule has 1 aromatic carbocycles. The molecule has 0 bridgehead atoms. The molecule has 3 N–H and O–H groups in total. The summed E-state index contributed by atoms with van der Waals surface area (Å²) < 4.78 is 46.8. The summed E-state index contributed by atoms with van der Waals surface area (Å²) in [6, 6.07) is 6.59.